The van der Waals surface area contributed by atoms with Crippen molar-refractivity contribution in [2.24, 2.45) is 5.73 Å². The molecule has 0 bridgehead atoms. The Labute approximate surface area is 101 Å². The lowest BCUT2D eigenvalue weighted by molar-refractivity contribution is 0.573. The first-order valence-electron chi connectivity index (χ1n) is 4.70. The minimum absolute atomic E-state index is 0.0900. The van der Waals surface area contributed by atoms with Crippen molar-refractivity contribution in [3.05, 3.63) is 0 Å². The van der Waals surface area contributed by atoms with Crippen molar-refractivity contribution in [2.75, 3.05) is 18.1 Å². The van der Waals surface area contributed by atoms with Crippen molar-refractivity contribution in [1.82, 2.24) is 4.72 Å². The third-order valence-corrected chi connectivity index (χ3v) is 6.23. The summed E-state index contributed by atoms with van der Waals surface area (Å²) in [5.74, 6) is -0.316. The Morgan fingerprint density at radius 1 is 1.50 bits per heavy atom. The Bertz CT molecular complexity index is 468. The molecule has 1 fully saturated rings. The molecule has 1 aliphatic heterocycles. The summed E-state index contributed by atoms with van der Waals surface area (Å²) in [6, 6.07) is 0. The first-order valence-corrected chi connectivity index (χ1v) is 8.48. The molecule has 1 saturated heterocycles. The quantitative estimate of drug-likeness (QED) is 0.613. The third-order valence-electron chi connectivity index (χ3n) is 2.33. The second-order valence-electron chi connectivity index (χ2n) is 3.71. The van der Waals surface area contributed by atoms with Crippen LogP contribution in [0.1, 0.15) is 12.8 Å². The van der Waals surface area contributed by atoms with Crippen LogP contribution >= 0.6 is 12.2 Å². The van der Waals surface area contributed by atoms with Crippen LogP contribution in [0.3, 0.4) is 0 Å². The molecule has 0 aromatic rings. The largest absolute Gasteiger partial charge is 0.392 e. The molecule has 0 aromatic carbocycles. The zero-order valence-electron chi connectivity index (χ0n) is 8.55. The third kappa shape index (κ3) is 3.96. The first-order chi connectivity index (χ1) is 7.23. The van der Waals surface area contributed by atoms with Crippen molar-refractivity contribution in [2.45, 2.75) is 18.1 Å². The van der Waals surface area contributed by atoms with Gasteiger partial charge in [0.25, 0.3) is 0 Å². The molecule has 94 valence electrons. The fourth-order valence-corrected chi connectivity index (χ4v) is 4.81. The fourth-order valence-electron chi connectivity index (χ4n) is 1.55. The van der Waals surface area contributed by atoms with Crippen molar-refractivity contribution in [3.63, 3.8) is 0 Å². The lowest BCUT2D eigenvalue weighted by Gasteiger charge is -2.10. The Hall–Kier alpha value is -0.250. The van der Waals surface area contributed by atoms with Crippen molar-refractivity contribution in [3.8, 4) is 0 Å². The molecule has 3 N–H and O–H groups in total. The summed E-state index contributed by atoms with van der Waals surface area (Å²) in [6.45, 7) is -0.0900. The van der Waals surface area contributed by atoms with Crippen LogP contribution in [0, 0.1) is 0 Å². The molecular weight excluding hydrogens is 272 g/mol. The van der Waals surface area contributed by atoms with Crippen molar-refractivity contribution < 1.29 is 16.8 Å². The zero-order valence-corrected chi connectivity index (χ0v) is 11.0. The van der Waals surface area contributed by atoms with E-state index in [1.165, 1.54) is 0 Å². The minimum Gasteiger partial charge on any atom is -0.392 e. The second kappa shape index (κ2) is 4.94. The van der Waals surface area contributed by atoms with E-state index in [0.29, 0.717) is 12.8 Å². The zero-order chi connectivity index (χ0) is 12.4. The van der Waals surface area contributed by atoms with Gasteiger partial charge in [0.2, 0.25) is 10.0 Å². The van der Waals surface area contributed by atoms with Gasteiger partial charge in [-0.05, 0) is 12.8 Å². The minimum atomic E-state index is -3.60. The van der Waals surface area contributed by atoms with E-state index in [0.717, 1.165) is 0 Å². The Balaban J connectivity index is 2.55. The molecule has 16 heavy (non-hydrogen) atoms. The molecule has 1 atom stereocenters. The highest BCUT2D eigenvalue weighted by Gasteiger charge is 2.31. The molecule has 6 nitrogen and oxygen atoms in total. The molecule has 1 aliphatic rings. The van der Waals surface area contributed by atoms with Gasteiger partial charge in [-0.15, -0.1) is 0 Å². The van der Waals surface area contributed by atoms with Crippen molar-refractivity contribution >= 4 is 37.1 Å². The predicted molar refractivity (Wildman–Crippen MR) is 65.4 cm³/mol. The Morgan fingerprint density at radius 2 is 2.12 bits per heavy atom. The van der Waals surface area contributed by atoms with Gasteiger partial charge in [-0.25, -0.2) is 21.6 Å². The van der Waals surface area contributed by atoms with Crippen LogP contribution in [-0.2, 0) is 19.9 Å². The Kier molecular flexibility index (Phi) is 4.27. The van der Waals surface area contributed by atoms with E-state index in [2.05, 4.69) is 16.9 Å². The molecule has 0 saturated carbocycles. The van der Waals surface area contributed by atoms with Crippen LogP contribution in [0.5, 0.6) is 0 Å². The number of thiocarbonyl (C=S) groups is 1. The van der Waals surface area contributed by atoms with Gasteiger partial charge in [-0.1, -0.05) is 12.2 Å². The molecule has 0 spiro atoms. The van der Waals surface area contributed by atoms with Gasteiger partial charge < -0.3 is 5.73 Å². The molecule has 1 heterocycles. The Morgan fingerprint density at radius 3 is 2.56 bits per heavy atom. The summed E-state index contributed by atoms with van der Waals surface area (Å²) < 4.78 is 47.7. The lowest BCUT2D eigenvalue weighted by atomic mass is 10.2. The van der Waals surface area contributed by atoms with E-state index >= 15 is 0 Å². The molecule has 0 amide bonds. The van der Waals surface area contributed by atoms with Crippen LogP contribution in [-0.4, -0.2) is 45.1 Å². The van der Waals surface area contributed by atoms with Gasteiger partial charge in [0.05, 0.1) is 16.0 Å². The standard InChI is InChI=1S/C7H14N2O4S3/c8-7(14)5-16(12,13)9-4-6-2-1-3-15(6,10)11/h6,9H,1-5H2,(H2,8,14). The van der Waals surface area contributed by atoms with Crippen LogP contribution in [0.4, 0.5) is 0 Å². The average Bonchev–Trinajstić information content (AvgIpc) is 2.39. The first kappa shape index (κ1) is 13.8. The average molecular weight is 286 g/mol. The molecule has 0 aromatic heterocycles. The van der Waals surface area contributed by atoms with Gasteiger partial charge in [-0.3, -0.25) is 0 Å². The number of sulfonamides is 1. The number of hydrogen-bond donors (Lipinski definition) is 2. The topological polar surface area (TPSA) is 106 Å². The highest BCUT2D eigenvalue weighted by molar-refractivity contribution is 7.93. The van der Waals surface area contributed by atoms with Gasteiger partial charge in [-0.2, -0.15) is 0 Å². The lowest BCUT2D eigenvalue weighted by Crippen LogP contribution is -2.38. The van der Waals surface area contributed by atoms with Crippen LogP contribution in [0.2, 0.25) is 0 Å². The molecule has 1 rings (SSSR count). The molecule has 9 heteroatoms. The molecule has 0 radical (unpaired) electrons. The summed E-state index contributed by atoms with van der Waals surface area (Å²) in [6.07, 6.45) is 1.09. The fraction of sp³-hybridized carbons (Fsp3) is 0.857. The van der Waals surface area contributed by atoms with Crippen LogP contribution in [0.15, 0.2) is 0 Å². The van der Waals surface area contributed by atoms with E-state index in [4.69, 9.17) is 5.73 Å². The van der Waals surface area contributed by atoms with E-state index in [9.17, 15) is 16.8 Å². The normalized spacial score (nSPS) is 24.4. The van der Waals surface area contributed by atoms with Crippen molar-refractivity contribution in [1.29, 1.82) is 0 Å². The van der Waals surface area contributed by atoms with Gasteiger partial charge in [0.15, 0.2) is 9.84 Å². The maximum Gasteiger partial charge on any atom is 0.218 e. The summed E-state index contributed by atoms with van der Waals surface area (Å²) in [5, 5.41) is -0.617. The number of nitrogens with two attached hydrogens (primary N) is 1. The van der Waals surface area contributed by atoms with E-state index < -0.39 is 30.9 Å². The number of rotatable bonds is 5. The predicted octanol–water partition coefficient (Wildman–Crippen LogP) is -1.23. The maximum atomic E-state index is 11.4. The summed E-state index contributed by atoms with van der Waals surface area (Å²) in [5.41, 5.74) is 5.11. The van der Waals surface area contributed by atoms with Gasteiger partial charge in [0, 0.05) is 6.54 Å². The second-order valence-corrected chi connectivity index (χ2v) is 8.44. The molecular formula is C7H14N2O4S3. The monoisotopic (exact) mass is 286 g/mol. The smallest absolute Gasteiger partial charge is 0.218 e. The highest BCUT2D eigenvalue weighted by Crippen LogP contribution is 2.19. The van der Waals surface area contributed by atoms with Gasteiger partial charge >= 0.3 is 0 Å². The SMILES string of the molecule is NC(=S)CS(=O)(=O)NCC1CCCS1(=O)=O. The van der Waals surface area contributed by atoms with E-state index in [-0.39, 0.29) is 17.3 Å². The van der Waals surface area contributed by atoms with Crippen LogP contribution in [0.25, 0.3) is 0 Å². The van der Waals surface area contributed by atoms with Gasteiger partial charge in [0.1, 0.15) is 5.75 Å². The van der Waals surface area contributed by atoms with E-state index in [1.54, 1.807) is 0 Å². The summed E-state index contributed by atoms with van der Waals surface area (Å²) >= 11 is 4.48. The van der Waals surface area contributed by atoms with Crippen LogP contribution < -0.4 is 10.5 Å². The number of sulfone groups is 1. The molecule has 0 aliphatic carbocycles. The summed E-state index contributed by atoms with van der Waals surface area (Å²) in [4.78, 5) is -0.137. The number of nitrogens with one attached hydrogen (secondary N) is 1. The number of hydrogen-bond acceptors (Lipinski definition) is 5. The highest BCUT2D eigenvalue weighted by atomic mass is 32.2. The van der Waals surface area contributed by atoms with E-state index in [1.807, 2.05) is 0 Å². The maximum absolute atomic E-state index is 11.4. The summed E-state index contributed by atoms with van der Waals surface area (Å²) in [7, 11) is -6.73. The molecule has 1 unspecified atom stereocenters.